The highest BCUT2D eigenvalue weighted by Crippen LogP contribution is 2.26. The number of fused-ring (bicyclic) bond motifs is 1. The summed E-state index contributed by atoms with van der Waals surface area (Å²) in [6, 6.07) is 15.6. The summed E-state index contributed by atoms with van der Waals surface area (Å²) in [6.07, 6.45) is 8.25. The van der Waals surface area contributed by atoms with Crippen molar-refractivity contribution in [1.82, 2.24) is 0 Å². The van der Waals surface area contributed by atoms with Crippen LogP contribution in [-0.2, 0) is 6.42 Å². The van der Waals surface area contributed by atoms with Gasteiger partial charge in [0.1, 0.15) is 0 Å². The molecular weight excluding hydrogens is 216 g/mol. The molecule has 0 saturated carbocycles. The maximum atomic E-state index is 2.32. The quantitative estimate of drug-likeness (QED) is 0.650. The van der Waals surface area contributed by atoms with Gasteiger partial charge in [-0.1, -0.05) is 54.1 Å². The van der Waals surface area contributed by atoms with Gasteiger partial charge in [-0.3, -0.25) is 0 Å². The van der Waals surface area contributed by atoms with Gasteiger partial charge in [-0.2, -0.15) is 0 Å². The molecule has 18 heavy (non-hydrogen) atoms. The van der Waals surface area contributed by atoms with Crippen LogP contribution in [-0.4, -0.2) is 0 Å². The van der Waals surface area contributed by atoms with E-state index in [-0.39, 0.29) is 0 Å². The van der Waals surface area contributed by atoms with Crippen molar-refractivity contribution in [3.8, 4) is 11.1 Å². The van der Waals surface area contributed by atoms with Crippen LogP contribution >= 0.6 is 0 Å². The summed E-state index contributed by atoms with van der Waals surface area (Å²) in [5.41, 5.74) is 6.82. The van der Waals surface area contributed by atoms with Gasteiger partial charge in [0.2, 0.25) is 0 Å². The molecule has 0 fully saturated rings. The molecule has 0 heteroatoms. The minimum Gasteiger partial charge on any atom is -0.0839 e. The number of hydrogen-bond acceptors (Lipinski definition) is 0. The Kier molecular flexibility index (Phi) is 3.02. The Hall–Kier alpha value is -1.82. The lowest BCUT2D eigenvalue weighted by Gasteiger charge is -2.08. The second-order valence-electron chi connectivity index (χ2n) is 5.07. The van der Waals surface area contributed by atoms with Crippen molar-refractivity contribution in [2.24, 2.45) is 0 Å². The van der Waals surface area contributed by atoms with E-state index in [0.717, 1.165) is 0 Å². The van der Waals surface area contributed by atoms with Gasteiger partial charge in [0.15, 0.2) is 0 Å². The van der Waals surface area contributed by atoms with Crippen molar-refractivity contribution in [1.29, 1.82) is 0 Å². The van der Waals surface area contributed by atoms with Crippen LogP contribution in [0.15, 0.2) is 48.5 Å². The zero-order chi connectivity index (χ0) is 12.4. The predicted molar refractivity (Wildman–Crippen MR) is 78.6 cm³/mol. The van der Waals surface area contributed by atoms with Gasteiger partial charge in [-0.25, -0.2) is 0 Å². The van der Waals surface area contributed by atoms with Gasteiger partial charge >= 0.3 is 0 Å². The lowest BCUT2D eigenvalue weighted by atomic mass is 9.97. The van der Waals surface area contributed by atoms with Crippen LogP contribution in [0.3, 0.4) is 0 Å². The minimum atomic E-state index is 1.20. The molecule has 2 aromatic carbocycles. The molecule has 0 atom stereocenters. The Balaban J connectivity index is 2.03. The number of hydrogen-bond donors (Lipinski definition) is 0. The normalized spacial score (nSPS) is 14.1. The van der Waals surface area contributed by atoms with E-state index in [1.807, 2.05) is 0 Å². The van der Waals surface area contributed by atoms with E-state index in [2.05, 4.69) is 61.5 Å². The van der Waals surface area contributed by atoms with Crippen molar-refractivity contribution in [2.75, 3.05) is 0 Å². The maximum absolute atomic E-state index is 2.32. The molecule has 0 amide bonds. The fraction of sp³-hybridized carbons (Fsp3) is 0.222. The van der Waals surface area contributed by atoms with Gasteiger partial charge < -0.3 is 0 Å². The average Bonchev–Trinajstić information content (AvgIpc) is 2.64. The van der Waals surface area contributed by atoms with E-state index in [0.29, 0.717) is 0 Å². The van der Waals surface area contributed by atoms with Crippen LogP contribution in [0.4, 0.5) is 0 Å². The van der Waals surface area contributed by atoms with E-state index in [1.54, 1.807) is 0 Å². The Labute approximate surface area is 109 Å². The smallest absolute Gasteiger partial charge is 0.0178 e. The van der Waals surface area contributed by atoms with Gasteiger partial charge in [-0.05, 0) is 54.5 Å². The third-order valence-electron chi connectivity index (χ3n) is 3.65. The highest BCUT2D eigenvalue weighted by atomic mass is 14.1. The zero-order valence-electron chi connectivity index (χ0n) is 10.8. The topological polar surface area (TPSA) is 0 Å². The Morgan fingerprint density at radius 3 is 2.50 bits per heavy atom. The summed E-state index contributed by atoms with van der Waals surface area (Å²) in [5, 5.41) is 0. The van der Waals surface area contributed by atoms with Crippen molar-refractivity contribution in [3.63, 3.8) is 0 Å². The molecule has 0 radical (unpaired) electrons. The molecule has 0 saturated heterocycles. The number of benzene rings is 2. The van der Waals surface area contributed by atoms with Gasteiger partial charge in [0.25, 0.3) is 0 Å². The third kappa shape index (κ3) is 2.24. The van der Waals surface area contributed by atoms with Crippen molar-refractivity contribution in [3.05, 3.63) is 65.2 Å². The van der Waals surface area contributed by atoms with Crippen LogP contribution in [0.2, 0.25) is 0 Å². The average molecular weight is 234 g/mol. The molecule has 1 aliphatic rings. The largest absolute Gasteiger partial charge is 0.0839 e. The fourth-order valence-electron chi connectivity index (χ4n) is 2.52. The van der Waals surface area contributed by atoms with Gasteiger partial charge in [-0.15, -0.1) is 0 Å². The summed E-state index contributed by atoms with van der Waals surface area (Å²) in [7, 11) is 0. The molecule has 3 rings (SSSR count). The molecule has 0 bridgehead atoms. The van der Waals surface area contributed by atoms with E-state index >= 15 is 0 Å². The monoisotopic (exact) mass is 234 g/mol. The van der Waals surface area contributed by atoms with E-state index in [1.165, 1.54) is 47.1 Å². The molecule has 90 valence electrons. The summed E-state index contributed by atoms with van der Waals surface area (Å²) in [6.45, 7) is 2.13. The molecule has 0 N–H and O–H groups in total. The molecule has 0 unspecified atom stereocenters. The molecule has 0 spiro atoms. The van der Waals surface area contributed by atoms with E-state index in [9.17, 15) is 0 Å². The summed E-state index contributed by atoms with van der Waals surface area (Å²) >= 11 is 0. The van der Waals surface area contributed by atoms with Crippen LogP contribution in [0.1, 0.15) is 29.5 Å². The highest BCUT2D eigenvalue weighted by molar-refractivity contribution is 5.69. The molecule has 0 heterocycles. The lowest BCUT2D eigenvalue weighted by Crippen LogP contribution is -1.88. The summed E-state index contributed by atoms with van der Waals surface area (Å²) in [4.78, 5) is 0. The van der Waals surface area contributed by atoms with Gasteiger partial charge in [0.05, 0.1) is 0 Å². The molecule has 0 nitrogen and oxygen atoms in total. The van der Waals surface area contributed by atoms with Gasteiger partial charge in [0, 0.05) is 0 Å². The standard InChI is InChI=1S/C18H18/c1-14-7-9-16(10-8-14)18-12-11-15-5-3-2-4-6-17(15)13-18/h4,6-13H,2-3,5H2,1H3. The summed E-state index contributed by atoms with van der Waals surface area (Å²) < 4.78 is 0. The second kappa shape index (κ2) is 4.81. The predicted octanol–water partition coefficient (Wildman–Crippen LogP) is 5.01. The number of rotatable bonds is 1. The molecule has 0 aliphatic heterocycles. The lowest BCUT2D eigenvalue weighted by molar-refractivity contribution is 0.852. The van der Waals surface area contributed by atoms with E-state index < -0.39 is 0 Å². The van der Waals surface area contributed by atoms with Crippen molar-refractivity contribution >= 4 is 6.08 Å². The maximum Gasteiger partial charge on any atom is -0.0178 e. The fourth-order valence-corrected chi connectivity index (χ4v) is 2.52. The first kappa shape index (κ1) is 11.3. The molecule has 2 aromatic rings. The van der Waals surface area contributed by atoms with E-state index in [4.69, 9.17) is 0 Å². The Morgan fingerprint density at radius 2 is 1.67 bits per heavy atom. The van der Waals surface area contributed by atoms with Crippen molar-refractivity contribution in [2.45, 2.75) is 26.2 Å². The number of aryl methyl sites for hydroxylation is 2. The third-order valence-corrected chi connectivity index (χ3v) is 3.65. The first-order valence-corrected chi connectivity index (χ1v) is 6.69. The van der Waals surface area contributed by atoms with Crippen LogP contribution in [0.25, 0.3) is 17.2 Å². The molecular formula is C18H18. The molecule has 0 aromatic heterocycles. The first-order valence-electron chi connectivity index (χ1n) is 6.69. The first-order chi connectivity index (χ1) is 8.83. The Bertz CT molecular complexity index is 573. The highest BCUT2D eigenvalue weighted by Gasteiger charge is 2.05. The Morgan fingerprint density at radius 1 is 0.889 bits per heavy atom. The second-order valence-corrected chi connectivity index (χ2v) is 5.07. The number of allylic oxidation sites excluding steroid dienone is 1. The van der Waals surface area contributed by atoms with Crippen LogP contribution in [0, 0.1) is 6.92 Å². The SMILES string of the molecule is Cc1ccc(-c2ccc3c(c2)C=CCCC3)cc1. The van der Waals surface area contributed by atoms with Crippen molar-refractivity contribution < 1.29 is 0 Å². The molecule has 1 aliphatic carbocycles. The zero-order valence-corrected chi connectivity index (χ0v) is 10.8. The van der Waals surface area contributed by atoms with Crippen LogP contribution < -0.4 is 0 Å². The van der Waals surface area contributed by atoms with Crippen LogP contribution in [0.5, 0.6) is 0 Å². The summed E-state index contributed by atoms with van der Waals surface area (Å²) in [5.74, 6) is 0. The minimum absolute atomic E-state index is 1.20.